The van der Waals surface area contributed by atoms with Gasteiger partial charge in [-0.05, 0) is 12.5 Å². The summed E-state index contributed by atoms with van der Waals surface area (Å²) in [6.45, 7) is 2.03. The van der Waals surface area contributed by atoms with Gasteiger partial charge in [0.05, 0.1) is 5.25 Å². The zero-order valence-electron chi connectivity index (χ0n) is 9.40. The summed E-state index contributed by atoms with van der Waals surface area (Å²) in [5.41, 5.74) is 1.31. The minimum Gasteiger partial charge on any atom is -0.354 e. The lowest BCUT2D eigenvalue weighted by Gasteiger charge is -2.19. The number of methoxy groups -OCH3 is 2. The molecule has 83 valence electrons. The van der Waals surface area contributed by atoms with E-state index in [1.807, 2.05) is 13.0 Å². The highest BCUT2D eigenvalue weighted by molar-refractivity contribution is 8.01. The van der Waals surface area contributed by atoms with Gasteiger partial charge in [-0.25, -0.2) is 0 Å². The molecule has 0 bridgehead atoms. The van der Waals surface area contributed by atoms with Crippen molar-refractivity contribution in [3.05, 3.63) is 41.1 Å². The quantitative estimate of drug-likeness (QED) is 0.693. The highest BCUT2D eigenvalue weighted by Gasteiger charge is 2.16. The van der Waals surface area contributed by atoms with Crippen molar-refractivity contribution < 1.29 is 9.47 Å². The molecular weight excluding hydrogens is 208 g/mol. The Labute approximate surface area is 96.0 Å². The molecule has 0 aromatic heterocycles. The van der Waals surface area contributed by atoms with Gasteiger partial charge in [0.15, 0.2) is 6.29 Å². The topological polar surface area (TPSA) is 18.5 Å². The lowest BCUT2D eigenvalue weighted by Crippen LogP contribution is -2.18. The fourth-order valence-corrected chi connectivity index (χ4v) is 2.18. The summed E-state index contributed by atoms with van der Waals surface area (Å²) in [4.78, 5) is 0. The predicted molar refractivity (Wildman–Crippen MR) is 64.5 cm³/mol. The molecule has 0 saturated carbocycles. The van der Waals surface area contributed by atoms with Crippen molar-refractivity contribution >= 4 is 11.8 Å². The molecule has 0 N–H and O–H groups in total. The van der Waals surface area contributed by atoms with Gasteiger partial charge in [0.2, 0.25) is 0 Å². The van der Waals surface area contributed by atoms with Crippen molar-refractivity contribution in [3.8, 4) is 0 Å². The molecule has 0 spiro atoms. The van der Waals surface area contributed by atoms with E-state index in [1.54, 1.807) is 26.0 Å². The summed E-state index contributed by atoms with van der Waals surface area (Å²) >= 11 is 1.75. The maximum absolute atomic E-state index is 5.17. The Balaban J connectivity index is 2.36. The molecule has 2 nitrogen and oxygen atoms in total. The number of hydrogen-bond donors (Lipinski definition) is 0. The summed E-state index contributed by atoms with van der Waals surface area (Å²) < 4.78 is 10.3. The van der Waals surface area contributed by atoms with Crippen LogP contribution in [0.3, 0.4) is 0 Å². The van der Waals surface area contributed by atoms with Crippen molar-refractivity contribution in [2.45, 2.75) is 19.0 Å². The third-order valence-electron chi connectivity index (χ3n) is 2.07. The standard InChI is InChI=1S/C12H17O2S/c1-10(12(13-2)14-3)15-9-11-7-5-4-6-8-11/h4-8,12H,9H2,1-3H3. The lowest BCUT2D eigenvalue weighted by molar-refractivity contribution is -0.0812. The van der Waals surface area contributed by atoms with Crippen LogP contribution in [0, 0.1) is 5.25 Å². The summed E-state index contributed by atoms with van der Waals surface area (Å²) in [5.74, 6) is 0.954. The highest BCUT2D eigenvalue weighted by Crippen LogP contribution is 2.27. The van der Waals surface area contributed by atoms with Gasteiger partial charge in [0, 0.05) is 20.0 Å². The smallest absolute Gasteiger partial charge is 0.172 e. The SMILES string of the molecule is COC(OC)[C](C)SCc1ccccc1. The number of thioether (sulfide) groups is 1. The lowest BCUT2D eigenvalue weighted by atomic mass is 10.2. The second-order valence-corrected chi connectivity index (χ2v) is 4.41. The van der Waals surface area contributed by atoms with E-state index in [2.05, 4.69) is 24.3 Å². The minimum absolute atomic E-state index is 0.210. The normalized spacial score (nSPS) is 11.3. The van der Waals surface area contributed by atoms with E-state index in [0.29, 0.717) is 0 Å². The van der Waals surface area contributed by atoms with Gasteiger partial charge in [-0.3, -0.25) is 0 Å². The third-order valence-corrected chi connectivity index (χ3v) is 3.19. The van der Waals surface area contributed by atoms with Gasteiger partial charge in [-0.15, -0.1) is 11.8 Å². The second-order valence-electron chi connectivity index (χ2n) is 3.19. The summed E-state index contributed by atoms with van der Waals surface area (Å²) in [5, 5.41) is 1.14. The van der Waals surface area contributed by atoms with Gasteiger partial charge in [-0.1, -0.05) is 30.3 Å². The number of benzene rings is 1. The third kappa shape index (κ3) is 4.24. The Kier molecular flexibility index (Phi) is 5.76. The Bertz CT molecular complexity index is 260. The van der Waals surface area contributed by atoms with Gasteiger partial charge >= 0.3 is 0 Å². The van der Waals surface area contributed by atoms with Crippen LogP contribution >= 0.6 is 11.8 Å². The fraction of sp³-hybridized carbons (Fsp3) is 0.417. The molecule has 0 amide bonds. The van der Waals surface area contributed by atoms with Gasteiger partial charge in [-0.2, -0.15) is 0 Å². The molecular formula is C12H17O2S. The molecule has 0 aliphatic heterocycles. The molecule has 1 radical (unpaired) electrons. The molecule has 3 heteroatoms. The summed E-state index contributed by atoms with van der Waals surface area (Å²) in [6.07, 6.45) is -0.210. The average Bonchev–Trinajstić information content (AvgIpc) is 2.29. The van der Waals surface area contributed by atoms with E-state index in [0.717, 1.165) is 11.0 Å². The van der Waals surface area contributed by atoms with Crippen LogP contribution < -0.4 is 0 Å². The van der Waals surface area contributed by atoms with E-state index in [-0.39, 0.29) is 6.29 Å². The van der Waals surface area contributed by atoms with Crippen LogP contribution in [0.15, 0.2) is 30.3 Å². The average molecular weight is 225 g/mol. The minimum atomic E-state index is -0.210. The van der Waals surface area contributed by atoms with E-state index in [9.17, 15) is 0 Å². The van der Waals surface area contributed by atoms with Crippen LogP contribution in [-0.2, 0) is 15.2 Å². The first-order valence-corrected chi connectivity index (χ1v) is 5.82. The molecule has 0 aliphatic carbocycles. The molecule has 0 aliphatic rings. The molecule has 1 rings (SSSR count). The van der Waals surface area contributed by atoms with Gasteiger partial charge in [0.25, 0.3) is 0 Å². The molecule has 0 fully saturated rings. The largest absolute Gasteiger partial charge is 0.354 e. The molecule has 15 heavy (non-hydrogen) atoms. The maximum atomic E-state index is 5.17. The van der Waals surface area contributed by atoms with Crippen molar-refractivity contribution in [1.29, 1.82) is 0 Å². The first kappa shape index (κ1) is 12.6. The molecule has 0 saturated heterocycles. The molecule has 0 atom stereocenters. The summed E-state index contributed by atoms with van der Waals surface area (Å²) in [7, 11) is 3.31. The van der Waals surface area contributed by atoms with Gasteiger partial charge in [0.1, 0.15) is 0 Å². The second kappa shape index (κ2) is 6.88. The van der Waals surface area contributed by atoms with E-state index >= 15 is 0 Å². The predicted octanol–water partition coefficient (Wildman–Crippen LogP) is 3.09. The van der Waals surface area contributed by atoms with Crippen molar-refractivity contribution in [2.24, 2.45) is 0 Å². The van der Waals surface area contributed by atoms with Crippen LogP contribution in [-0.4, -0.2) is 20.5 Å². The van der Waals surface area contributed by atoms with Crippen LogP contribution in [0.2, 0.25) is 0 Å². The number of ether oxygens (including phenoxy) is 2. The number of hydrogen-bond acceptors (Lipinski definition) is 3. The first-order valence-electron chi connectivity index (χ1n) is 4.83. The fourth-order valence-electron chi connectivity index (χ4n) is 1.27. The Morgan fingerprint density at radius 2 is 1.80 bits per heavy atom. The first-order chi connectivity index (χ1) is 7.27. The Hall–Kier alpha value is -0.510. The van der Waals surface area contributed by atoms with Crippen molar-refractivity contribution in [3.63, 3.8) is 0 Å². The number of rotatable bonds is 6. The zero-order valence-corrected chi connectivity index (χ0v) is 10.2. The van der Waals surface area contributed by atoms with E-state index in [4.69, 9.17) is 9.47 Å². The van der Waals surface area contributed by atoms with Crippen LogP contribution in [0.5, 0.6) is 0 Å². The highest BCUT2D eigenvalue weighted by atomic mass is 32.2. The maximum Gasteiger partial charge on any atom is 0.172 e. The van der Waals surface area contributed by atoms with Crippen molar-refractivity contribution in [2.75, 3.05) is 14.2 Å². The molecule has 1 aromatic carbocycles. The summed E-state index contributed by atoms with van der Waals surface area (Å²) in [6, 6.07) is 10.4. The monoisotopic (exact) mass is 225 g/mol. The van der Waals surface area contributed by atoms with Crippen LogP contribution in [0.4, 0.5) is 0 Å². The Morgan fingerprint density at radius 1 is 1.20 bits per heavy atom. The van der Waals surface area contributed by atoms with Gasteiger partial charge < -0.3 is 9.47 Å². The van der Waals surface area contributed by atoms with Crippen molar-refractivity contribution in [1.82, 2.24) is 0 Å². The zero-order chi connectivity index (χ0) is 11.1. The van der Waals surface area contributed by atoms with Crippen LogP contribution in [0.25, 0.3) is 0 Å². The molecule has 0 heterocycles. The van der Waals surface area contributed by atoms with E-state index < -0.39 is 0 Å². The molecule has 1 aromatic rings. The molecule has 0 unspecified atom stereocenters. The van der Waals surface area contributed by atoms with E-state index in [1.165, 1.54) is 5.56 Å². The van der Waals surface area contributed by atoms with Crippen LogP contribution in [0.1, 0.15) is 12.5 Å². The Morgan fingerprint density at radius 3 is 2.33 bits per heavy atom.